The average Bonchev–Trinajstić information content (AvgIpc) is 2.55. The molecule has 1 fully saturated rings. The van der Waals surface area contributed by atoms with Crippen molar-refractivity contribution in [3.05, 3.63) is 17.5 Å². The maximum Gasteiger partial charge on any atom is 0.0596 e. The Kier molecular flexibility index (Phi) is 3.78. The second-order valence-electron chi connectivity index (χ2n) is 7.47. The fraction of sp³-hybridized carbons (Fsp3) is 0.812. The first kappa shape index (κ1) is 14.6. The molecule has 0 bridgehead atoms. The number of aromatic nitrogens is 2. The molecule has 0 spiro atoms. The second-order valence-corrected chi connectivity index (χ2v) is 7.47. The molecule has 2 N–H and O–H groups in total. The standard InChI is InChI=1S/C16H29N3/c1-12-10-13(19(5)18-12)11-16(17)9-7-6-8-14(16)15(2,3)4/h10,14H,6-9,11,17H2,1-5H3. The van der Waals surface area contributed by atoms with E-state index in [0.717, 1.165) is 18.5 Å². The number of nitrogens with two attached hydrogens (primary N) is 1. The van der Waals surface area contributed by atoms with Gasteiger partial charge < -0.3 is 5.73 Å². The number of aryl methyl sites for hydroxylation is 2. The summed E-state index contributed by atoms with van der Waals surface area (Å²) in [6.45, 7) is 9.05. The molecule has 0 radical (unpaired) electrons. The number of rotatable bonds is 2. The minimum atomic E-state index is -0.0727. The zero-order valence-electron chi connectivity index (χ0n) is 13.2. The van der Waals surface area contributed by atoms with Gasteiger partial charge in [-0.3, -0.25) is 4.68 Å². The highest BCUT2D eigenvalue weighted by molar-refractivity contribution is 5.14. The van der Waals surface area contributed by atoms with Crippen molar-refractivity contribution in [2.45, 2.75) is 65.3 Å². The van der Waals surface area contributed by atoms with Crippen molar-refractivity contribution in [1.82, 2.24) is 9.78 Å². The van der Waals surface area contributed by atoms with E-state index in [2.05, 4.69) is 38.9 Å². The van der Waals surface area contributed by atoms with Gasteiger partial charge in [0.15, 0.2) is 0 Å². The summed E-state index contributed by atoms with van der Waals surface area (Å²) in [5, 5.41) is 4.46. The highest BCUT2D eigenvalue weighted by Crippen LogP contribution is 2.44. The predicted molar refractivity (Wildman–Crippen MR) is 80.0 cm³/mol. The van der Waals surface area contributed by atoms with Crippen LogP contribution in [0.4, 0.5) is 0 Å². The van der Waals surface area contributed by atoms with Crippen molar-refractivity contribution >= 4 is 0 Å². The molecule has 1 aromatic rings. The van der Waals surface area contributed by atoms with E-state index in [9.17, 15) is 0 Å². The average molecular weight is 263 g/mol. The lowest BCUT2D eigenvalue weighted by Crippen LogP contribution is -2.55. The molecule has 108 valence electrons. The largest absolute Gasteiger partial charge is 0.324 e. The van der Waals surface area contributed by atoms with Crippen molar-refractivity contribution in [2.24, 2.45) is 24.1 Å². The van der Waals surface area contributed by atoms with Crippen molar-refractivity contribution in [2.75, 3.05) is 0 Å². The van der Waals surface area contributed by atoms with Gasteiger partial charge in [0.05, 0.1) is 5.69 Å². The highest BCUT2D eigenvalue weighted by Gasteiger charge is 2.43. The maximum absolute atomic E-state index is 6.86. The van der Waals surface area contributed by atoms with Gasteiger partial charge in [-0.1, -0.05) is 33.6 Å². The Balaban J connectivity index is 2.26. The van der Waals surface area contributed by atoms with Crippen LogP contribution in [0.15, 0.2) is 6.07 Å². The molecule has 0 aromatic carbocycles. The van der Waals surface area contributed by atoms with E-state index in [4.69, 9.17) is 5.73 Å². The van der Waals surface area contributed by atoms with Gasteiger partial charge in [0, 0.05) is 24.7 Å². The van der Waals surface area contributed by atoms with E-state index in [0.29, 0.717) is 5.92 Å². The smallest absolute Gasteiger partial charge is 0.0596 e. The van der Waals surface area contributed by atoms with Crippen LogP contribution in [0.25, 0.3) is 0 Å². The molecular formula is C16H29N3. The predicted octanol–water partition coefficient (Wildman–Crippen LogP) is 3.20. The maximum atomic E-state index is 6.86. The van der Waals surface area contributed by atoms with Crippen LogP contribution in [0.2, 0.25) is 0 Å². The molecule has 1 aromatic heterocycles. The Hall–Kier alpha value is -0.830. The van der Waals surface area contributed by atoms with Gasteiger partial charge in [-0.15, -0.1) is 0 Å². The van der Waals surface area contributed by atoms with Crippen molar-refractivity contribution in [3.8, 4) is 0 Å². The fourth-order valence-electron chi connectivity index (χ4n) is 3.94. The zero-order chi connectivity index (χ0) is 14.3. The minimum absolute atomic E-state index is 0.0727. The lowest BCUT2D eigenvalue weighted by Gasteiger charge is -2.48. The molecule has 0 saturated heterocycles. The van der Waals surface area contributed by atoms with E-state index >= 15 is 0 Å². The molecule has 2 unspecified atom stereocenters. The lowest BCUT2D eigenvalue weighted by atomic mass is 9.61. The first-order chi connectivity index (χ1) is 8.72. The molecule has 2 atom stereocenters. The molecule has 1 saturated carbocycles. The third kappa shape index (κ3) is 3.02. The van der Waals surface area contributed by atoms with Gasteiger partial charge in [-0.05, 0) is 37.2 Å². The van der Waals surface area contributed by atoms with Crippen molar-refractivity contribution in [3.63, 3.8) is 0 Å². The molecule has 3 nitrogen and oxygen atoms in total. The molecule has 2 rings (SSSR count). The van der Waals surface area contributed by atoms with Crippen LogP contribution in [0, 0.1) is 18.3 Å². The Labute approximate surface area is 117 Å². The normalized spacial score (nSPS) is 28.6. The first-order valence-electron chi connectivity index (χ1n) is 7.51. The summed E-state index contributed by atoms with van der Waals surface area (Å²) in [5.74, 6) is 0.587. The molecule has 1 aliphatic carbocycles. The van der Waals surface area contributed by atoms with Gasteiger partial charge in [0.25, 0.3) is 0 Å². The summed E-state index contributed by atoms with van der Waals surface area (Å²) in [7, 11) is 2.03. The minimum Gasteiger partial charge on any atom is -0.324 e. The quantitative estimate of drug-likeness (QED) is 0.890. The van der Waals surface area contributed by atoms with Crippen LogP contribution in [0.5, 0.6) is 0 Å². The van der Waals surface area contributed by atoms with Crippen molar-refractivity contribution < 1.29 is 0 Å². The molecule has 0 amide bonds. The summed E-state index contributed by atoms with van der Waals surface area (Å²) in [6.07, 6.45) is 5.94. The third-order valence-electron chi connectivity index (χ3n) is 4.73. The first-order valence-corrected chi connectivity index (χ1v) is 7.51. The van der Waals surface area contributed by atoms with Gasteiger partial charge in [0.2, 0.25) is 0 Å². The van der Waals surface area contributed by atoms with Gasteiger partial charge in [-0.2, -0.15) is 5.10 Å². The Morgan fingerprint density at radius 1 is 1.42 bits per heavy atom. The van der Waals surface area contributed by atoms with Crippen LogP contribution in [0.3, 0.4) is 0 Å². The molecule has 1 aliphatic rings. The number of nitrogens with zero attached hydrogens (tertiary/aromatic N) is 2. The topological polar surface area (TPSA) is 43.8 Å². The summed E-state index contributed by atoms with van der Waals surface area (Å²) < 4.78 is 2.00. The SMILES string of the molecule is Cc1cc(CC2(N)CCCCC2C(C)(C)C)n(C)n1. The number of hydrogen-bond acceptors (Lipinski definition) is 2. The molecule has 19 heavy (non-hydrogen) atoms. The summed E-state index contributed by atoms with van der Waals surface area (Å²) in [5.41, 5.74) is 9.43. The molecule has 1 heterocycles. The summed E-state index contributed by atoms with van der Waals surface area (Å²) in [6, 6.07) is 2.18. The Morgan fingerprint density at radius 3 is 2.63 bits per heavy atom. The lowest BCUT2D eigenvalue weighted by molar-refractivity contribution is 0.0780. The molecular weight excluding hydrogens is 234 g/mol. The Morgan fingerprint density at radius 2 is 2.11 bits per heavy atom. The second kappa shape index (κ2) is 4.93. The fourth-order valence-corrected chi connectivity index (χ4v) is 3.94. The van der Waals surface area contributed by atoms with Crippen LogP contribution in [-0.4, -0.2) is 15.3 Å². The van der Waals surface area contributed by atoms with E-state index in [1.165, 1.54) is 25.0 Å². The number of hydrogen-bond donors (Lipinski definition) is 1. The third-order valence-corrected chi connectivity index (χ3v) is 4.73. The van der Waals surface area contributed by atoms with E-state index in [1.807, 2.05) is 11.7 Å². The molecule has 0 aliphatic heterocycles. The zero-order valence-corrected chi connectivity index (χ0v) is 13.2. The Bertz CT molecular complexity index is 441. The summed E-state index contributed by atoms with van der Waals surface area (Å²) in [4.78, 5) is 0. The van der Waals surface area contributed by atoms with Crippen LogP contribution < -0.4 is 5.73 Å². The van der Waals surface area contributed by atoms with Crippen molar-refractivity contribution in [1.29, 1.82) is 0 Å². The van der Waals surface area contributed by atoms with Gasteiger partial charge >= 0.3 is 0 Å². The van der Waals surface area contributed by atoms with E-state index < -0.39 is 0 Å². The highest BCUT2D eigenvalue weighted by atomic mass is 15.3. The van der Waals surface area contributed by atoms with E-state index in [1.54, 1.807) is 0 Å². The monoisotopic (exact) mass is 263 g/mol. The van der Waals surface area contributed by atoms with Gasteiger partial charge in [-0.25, -0.2) is 0 Å². The van der Waals surface area contributed by atoms with Crippen LogP contribution in [0.1, 0.15) is 57.8 Å². The summed E-state index contributed by atoms with van der Waals surface area (Å²) >= 11 is 0. The van der Waals surface area contributed by atoms with Gasteiger partial charge in [0.1, 0.15) is 0 Å². The van der Waals surface area contributed by atoms with Crippen LogP contribution >= 0.6 is 0 Å². The van der Waals surface area contributed by atoms with Crippen LogP contribution in [-0.2, 0) is 13.5 Å². The van der Waals surface area contributed by atoms with E-state index in [-0.39, 0.29) is 11.0 Å². The molecule has 3 heteroatoms.